The topological polar surface area (TPSA) is 34.1 Å². The van der Waals surface area contributed by atoms with Gasteiger partial charge in [-0.1, -0.05) is 24.3 Å². The van der Waals surface area contributed by atoms with Crippen LogP contribution in [0.25, 0.3) is 0 Å². The third-order valence-electron chi connectivity index (χ3n) is 5.48. The van der Waals surface area contributed by atoms with E-state index in [1.807, 2.05) is 13.0 Å². The van der Waals surface area contributed by atoms with Crippen LogP contribution in [0.4, 0.5) is 18.9 Å². The number of rotatable bonds is 5. The second-order valence-corrected chi connectivity index (χ2v) is 7.46. The lowest BCUT2D eigenvalue weighted by Gasteiger charge is -2.39. The maximum atomic E-state index is 13.0. The monoisotopic (exact) mass is 409 g/mol. The van der Waals surface area contributed by atoms with Crippen molar-refractivity contribution >= 4 is 11.6 Å². The number of benzene rings is 1. The Morgan fingerprint density at radius 1 is 1.14 bits per heavy atom. The fraction of sp³-hybridized carbons (Fsp3) is 0.571. The molecule has 1 aromatic rings. The van der Waals surface area contributed by atoms with Crippen molar-refractivity contribution in [2.45, 2.75) is 32.6 Å². The maximum Gasteiger partial charge on any atom is 0.403 e. The molecule has 1 fully saturated rings. The third-order valence-corrected chi connectivity index (χ3v) is 5.48. The summed E-state index contributed by atoms with van der Waals surface area (Å²) in [7, 11) is 0. The first-order valence-electron chi connectivity index (χ1n) is 10.2. The molecular formula is C21H30F3N5. The van der Waals surface area contributed by atoms with Gasteiger partial charge in [0.25, 0.3) is 0 Å². The van der Waals surface area contributed by atoms with Crippen LogP contribution in [0.15, 0.2) is 41.4 Å². The standard InChI is InChI=1S/C21H30F3N5/c1-3-25-20(29-13-11-27(12-14-29)17(2)21(22,23)24)26-16-18-7-6-8-19(15-18)28-9-4-5-10-28/h4-8,15,17H,3,9-14,16H2,1-2H3,(H,25,26). The molecule has 29 heavy (non-hydrogen) atoms. The minimum Gasteiger partial charge on any atom is -0.364 e. The van der Waals surface area contributed by atoms with Gasteiger partial charge in [-0.2, -0.15) is 13.2 Å². The number of halogens is 3. The quantitative estimate of drug-likeness (QED) is 0.460. The minimum atomic E-state index is -4.18. The number of hydrogen-bond acceptors (Lipinski definition) is 3. The first-order chi connectivity index (χ1) is 13.9. The van der Waals surface area contributed by atoms with E-state index < -0.39 is 12.2 Å². The van der Waals surface area contributed by atoms with Crippen LogP contribution in [0.1, 0.15) is 19.4 Å². The van der Waals surface area contributed by atoms with Crippen molar-refractivity contribution in [1.29, 1.82) is 0 Å². The van der Waals surface area contributed by atoms with Crippen LogP contribution in [0.2, 0.25) is 0 Å². The molecule has 0 amide bonds. The number of aliphatic imine (C=N–C) groups is 1. The van der Waals surface area contributed by atoms with Crippen LogP contribution in [0, 0.1) is 0 Å². The summed E-state index contributed by atoms with van der Waals surface area (Å²) in [5.74, 6) is 0.764. The zero-order valence-corrected chi connectivity index (χ0v) is 17.1. The van der Waals surface area contributed by atoms with Crippen LogP contribution >= 0.6 is 0 Å². The summed E-state index contributed by atoms with van der Waals surface area (Å²) < 4.78 is 38.9. The molecular weight excluding hydrogens is 379 g/mol. The highest BCUT2D eigenvalue weighted by molar-refractivity contribution is 5.80. The van der Waals surface area contributed by atoms with Crippen molar-refractivity contribution in [2.75, 3.05) is 50.7 Å². The zero-order valence-electron chi connectivity index (χ0n) is 17.1. The summed E-state index contributed by atoms with van der Waals surface area (Å²) >= 11 is 0. The third kappa shape index (κ3) is 5.65. The first kappa shape index (κ1) is 21.5. The number of alkyl halides is 3. The molecule has 1 N–H and O–H groups in total. The van der Waals surface area contributed by atoms with E-state index in [2.05, 4.69) is 45.5 Å². The van der Waals surface area contributed by atoms with Crippen LogP contribution in [0.3, 0.4) is 0 Å². The van der Waals surface area contributed by atoms with Gasteiger partial charge in [-0.15, -0.1) is 0 Å². The van der Waals surface area contributed by atoms with Gasteiger partial charge >= 0.3 is 6.18 Å². The second-order valence-electron chi connectivity index (χ2n) is 7.46. The number of nitrogens with one attached hydrogen (secondary N) is 1. The second kappa shape index (κ2) is 9.52. The first-order valence-corrected chi connectivity index (χ1v) is 10.2. The molecule has 1 atom stereocenters. The average Bonchev–Trinajstić information content (AvgIpc) is 3.25. The summed E-state index contributed by atoms with van der Waals surface area (Å²) in [6.45, 7) is 8.17. The van der Waals surface area contributed by atoms with Gasteiger partial charge in [0.1, 0.15) is 6.04 Å². The fourth-order valence-electron chi connectivity index (χ4n) is 3.66. The zero-order chi connectivity index (χ0) is 20.9. The Balaban J connectivity index is 1.61. The van der Waals surface area contributed by atoms with Crippen LogP contribution in [-0.4, -0.2) is 73.8 Å². The molecule has 3 rings (SSSR count). The number of nitrogens with zero attached hydrogens (tertiary/aromatic N) is 4. The molecule has 0 radical (unpaired) electrons. The van der Waals surface area contributed by atoms with Crippen molar-refractivity contribution < 1.29 is 13.2 Å². The highest BCUT2D eigenvalue weighted by Crippen LogP contribution is 2.25. The molecule has 2 heterocycles. The SMILES string of the molecule is CCNC(=NCc1cccc(N2CC=CC2)c1)N1CCN(C(C)C(F)(F)F)CC1. The summed E-state index contributed by atoms with van der Waals surface area (Å²) in [5.41, 5.74) is 2.30. The summed E-state index contributed by atoms with van der Waals surface area (Å²) in [6.07, 6.45) is 0.136. The molecule has 1 saturated heterocycles. The average molecular weight is 410 g/mol. The molecule has 0 bridgehead atoms. The van der Waals surface area contributed by atoms with E-state index in [1.165, 1.54) is 17.5 Å². The molecule has 1 aromatic carbocycles. The Bertz CT molecular complexity index is 715. The van der Waals surface area contributed by atoms with E-state index in [9.17, 15) is 13.2 Å². The smallest absolute Gasteiger partial charge is 0.364 e. The highest BCUT2D eigenvalue weighted by atomic mass is 19.4. The van der Waals surface area contributed by atoms with Crippen LogP contribution < -0.4 is 10.2 Å². The number of hydrogen-bond donors (Lipinski definition) is 1. The van der Waals surface area contributed by atoms with E-state index in [1.54, 1.807) is 0 Å². The maximum absolute atomic E-state index is 13.0. The summed E-state index contributed by atoms with van der Waals surface area (Å²) in [5, 5.41) is 3.28. The molecule has 5 nitrogen and oxygen atoms in total. The lowest BCUT2D eigenvalue weighted by Crippen LogP contribution is -2.56. The molecule has 160 valence electrons. The Labute approximate surface area is 170 Å². The van der Waals surface area contributed by atoms with E-state index >= 15 is 0 Å². The summed E-state index contributed by atoms with van der Waals surface area (Å²) in [6, 6.07) is 6.95. The lowest BCUT2D eigenvalue weighted by molar-refractivity contribution is -0.181. The Kier molecular flexibility index (Phi) is 7.05. The van der Waals surface area contributed by atoms with Gasteiger partial charge in [0, 0.05) is 51.5 Å². The Morgan fingerprint density at radius 2 is 1.83 bits per heavy atom. The minimum absolute atomic E-state index is 0.378. The molecule has 2 aliphatic rings. The predicted molar refractivity (Wildman–Crippen MR) is 111 cm³/mol. The van der Waals surface area contributed by atoms with Crippen LogP contribution in [-0.2, 0) is 6.54 Å². The van der Waals surface area contributed by atoms with Gasteiger partial charge in [-0.25, -0.2) is 4.99 Å². The number of anilines is 1. The van der Waals surface area contributed by atoms with Crippen molar-refractivity contribution in [2.24, 2.45) is 4.99 Å². The lowest BCUT2D eigenvalue weighted by atomic mass is 10.2. The summed E-state index contributed by atoms with van der Waals surface area (Å²) in [4.78, 5) is 10.6. The predicted octanol–water partition coefficient (Wildman–Crippen LogP) is 3.10. The van der Waals surface area contributed by atoms with Crippen LogP contribution in [0.5, 0.6) is 0 Å². The van der Waals surface area contributed by atoms with Crippen molar-refractivity contribution in [3.05, 3.63) is 42.0 Å². The van der Waals surface area contributed by atoms with Gasteiger partial charge in [-0.3, -0.25) is 4.90 Å². The molecule has 8 heteroatoms. The van der Waals surface area contributed by atoms with Crippen molar-refractivity contribution in [3.8, 4) is 0 Å². The largest absolute Gasteiger partial charge is 0.403 e. The Hall–Kier alpha value is -2.22. The molecule has 2 aliphatic heterocycles. The fourth-order valence-corrected chi connectivity index (χ4v) is 3.66. The molecule has 0 aromatic heterocycles. The van der Waals surface area contributed by atoms with Gasteiger partial charge in [0.05, 0.1) is 6.54 Å². The van der Waals surface area contributed by atoms with Gasteiger partial charge < -0.3 is 15.1 Å². The van der Waals surface area contributed by atoms with Crippen molar-refractivity contribution in [1.82, 2.24) is 15.1 Å². The number of piperazine rings is 1. The Morgan fingerprint density at radius 3 is 2.45 bits per heavy atom. The van der Waals surface area contributed by atoms with Gasteiger partial charge in [-0.05, 0) is 31.5 Å². The molecule has 1 unspecified atom stereocenters. The normalized spacial score (nSPS) is 19.7. The van der Waals surface area contributed by atoms with E-state index in [0.29, 0.717) is 32.7 Å². The molecule has 0 aliphatic carbocycles. The van der Waals surface area contributed by atoms with Crippen molar-refractivity contribution in [3.63, 3.8) is 0 Å². The molecule has 0 saturated carbocycles. The molecule has 0 spiro atoms. The van der Waals surface area contributed by atoms with E-state index in [0.717, 1.165) is 31.2 Å². The van der Waals surface area contributed by atoms with E-state index in [4.69, 9.17) is 4.99 Å². The van der Waals surface area contributed by atoms with Gasteiger partial charge in [0.15, 0.2) is 5.96 Å². The number of guanidine groups is 1. The van der Waals surface area contributed by atoms with Gasteiger partial charge in [0.2, 0.25) is 0 Å². The highest BCUT2D eigenvalue weighted by Gasteiger charge is 2.41. The van der Waals surface area contributed by atoms with E-state index in [-0.39, 0.29) is 0 Å².